The van der Waals surface area contributed by atoms with Crippen molar-refractivity contribution in [3.63, 3.8) is 0 Å². The van der Waals surface area contributed by atoms with E-state index in [2.05, 4.69) is 22.0 Å². The summed E-state index contributed by atoms with van der Waals surface area (Å²) in [6.07, 6.45) is 5.69. The number of hydrogen-bond donors (Lipinski definition) is 1. The van der Waals surface area contributed by atoms with E-state index >= 15 is 0 Å². The molecule has 0 aliphatic rings. The molecule has 0 saturated carbocycles. The Morgan fingerprint density at radius 1 is 1.14 bits per heavy atom. The Hall–Kier alpha value is -2.45. The van der Waals surface area contributed by atoms with Crippen LogP contribution in [0.4, 0.5) is 13.2 Å². The highest BCUT2D eigenvalue weighted by atomic mass is 19.4. The van der Waals surface area contributed by atoms with Crippen LogP contribution in [0.5, 0.6) is 0 Å². The lowest BCUT2D eigenvalue weighted by atomic mass is 9.94. The molecule has 0 spiro atoms. The molecular weight excluding hydrogens is 383 g/mol. The van der Waals surface area contributed by atoms with Crippen LogP contribution in [0.2, 0.25) is 0 Å². The quantitative estimate of drug-likeness (QED) is 0.526. The fourth-order valence-electron chi connectivity index (χ4n) is 3.22. The normalized spacial score (nSPS) is 12.9. The third kappa shape index (κ3) is 6.54. The molecule has 0 bridgehead atoms. The first-order valence-electron chi connectivity index (χ1n) is 10.1. The number of alkyl halides is 3. The second-order valence-electron chi connectivity index (χ2n) is 7.17. The summed E-state index contributed by atoms with van der Waals surface area (Å²) in [5.74, 6) is -0.881. The maximum Gasteiger partial charge on any atom is 0.419 e. The number of nitrogens with zero attached hydrogens (tertiary/aromatic N) is 4. The van der Waals surface area contributed by atoms with E-state index in [9.17, 15) is 18.0 Å². The first-order chi connectivity index (χ1) is 13.8. The van der Waals surface area contributed by atoms with Crippen molar-refractivity contribution in [1.29, 1.82) is 0 Å². The molecule has 1 unspecified atom stereocenters. The smallest absolute Gasteiger partial charge is 0.363 e. The van der Waals surface area contributed by atoms with Crippen molar-refractivity contribution in [2.24, 2.45) is 5.73 Å². The van der Waals surface area contributed by atoms with Gasteiger partial charge in [0, 0.05) is 23.9 Å². The first-order valence-corrected chi connectivity index (χ1v) is 10.1. The van der Waals surface area contributed by atoms with Crippen LogP contribution in [0.1, 0.15) is 93.0 Å². The number of hydrogen-bond acceptors (Lipinski definition) is 4. The topological polar surface area (TPSA) is 86.7 Å². The summed E-state index contributed by atoms with van der Waals surface area (Å²) < 4.78 is 39.6. The number of aromatic nitrogens is 4. The van der Waals surface area contributed by atoms with Crippen molar-refractivity contribution in [3.05, 3.63) is 35.5 Å². The van der Waals surface area contributed by atoms with Crippen LogP contribution < -0.4 is 5.73 Å². The zero-order chi connectivity index (χ0) is 21.4. The van der Waals surface area contributed by atoms with E-state index < -0.39 is 17.6 Å². The van der Waals surface area contributed by atoms with Crippen LogP contribution in [-0.2, 0) is 6.18 Å². The summed E-state index contributed by atoms with van der Waals surface area (Å²) in [6.45, 7) is 4.19. The lowest BCUT2D eigenvalue weighted by Crippen LogP contribution is -2.19. The van der Waals surface area contributed by atoms with Crippen LogP contribution in [0, 0.1) is 0 Å². The second-order valence-corrected chi connectivity index (χ2v) is 7.17. The molecule has 6 nitrogen and oxygen atoms in total. The SMILES string of the molecule is CCCCCCCCC(CC)c1cc(-n2cc(C(F)(F)F)cn2)nc(C(N)=O)n1. The van der Waals surface area contributed by atoms with E-state index in [0.29, 0.717) is 5.69 Å². The second kappa shape index (κ2) is 10.4. The van der Waals surface area contributed by atoms with Gasteiger partial charge in [-0.3, -0.25) is 4.79 Å². The molecule has 2 rings (SSSR count). The van der Waals surface area contributed by atoms with Gasteiger partial charge in [-0.25, -0.2) is 14.6 Å². The van der Waals surface area contributed by atoms with Crippen molar-refractivity contribution in [3.8, 4) is 5.82 Å². The Morgan fingerprint density at radius 2 is 1.83 bits per heavy atom. The molecule has 160 valence electrons. The Kier molecular flexibility index (Phi) is 8.16. The van der Waals surface area contributed by atoms with Gasteiger partial charge in [0.2, 0.25) is 5.82 Å². The number of carbonyl (C=O) groups is 1. The summed E-state index contributed by atoms with van der Waals surface area (Å²) in [6, 6.07) is 1.59. The van der Waals surface area contributed by atoms with Crippen molar-refractivity contribution in [2.45, 2.75) is 77.3 Å². The average molecular weight is 411 g/mol. The van der Waals surface area contributed by atoms with Crippen molar-refractivity contribution < 1.29 is 18.0 Å². The molecule has 1 amide bonds. The van der Waals surface area contributed by atoms with Gasteiger partial charge < -0.3 is 5.73 Å². The molecule has 2 N–H and O–H groups in total. The van der Waals surface area contributed by atoms with Crippen molar-refractivity contribution in [1.82, 2.24) is 19.7 Å². The summed E-state index contributed by atoms with van der Waals surface area (Å²) in [7, 11) is 0. The fraction of sp³-hybridized carbons (Fsp3) is 0.600. The molecule has 0 radical (unpaired) electrons. The third-order valence-electron chi connectivity index (χ3n) is 4.91. The maximum atomic E-state index is 12.9. The van der Waals surface area contributed by atoms with Gasteiger partial charge in [-0.15, -0.1) is 0 Å². The summed E-state index contributed by atoms with van der Waals surface area (Å²) >= 11 is 0. The summed E-state index contributed by atoms with van der Waals surface area (Å²) in [4.78, 5) is 19.9. The summed E-state index contributed by atoms with van der Waals surface area (Å²) in [5, 5.41) is 3.74. The lowest BCUT2D eigenvalue weighted by molar-refractivity contribution is -0.137. The Bertz CT molecular complexity index is 804. The Balaban J connectivity index is 2.22. The molecule has 2 heterocycles. The van der Waals surface area contributed by atoms with E-state index in [4.69, 9.17) is 5.73 Å². The summed E-state index contributed by atoms with van der Waals surface area (Å²) in [5.41, 5.74) is 5.05. The lowest BCUT2D eigenvalue weighted by Gasteiger charge is -2.16. The van der Waals surface area contributed by atoms with Crippen LogP contribution >= 0.6 is 0 Å². The van der Waals surface area contributed by atoms with E-state index in [1.807, 2.05) is 6.92 Å². The van der Waals surface area contributed by atoms with E-state index in [1.165, 1.54) is 25.7 Å². The number of rotatable bonds is 11. The predicted octanol–water partition coefficient (Wildman–Crippen LogP) is 5.02. The standard InChI is InChI=1S/C20H28F3N5O/c1-3-5-6-7-8-9-10-14(4-2)16-11-17(27-19(26-16)18(24)29)28-13-15(12-25-28)20(21,22)23/h11-14H,3-10H2,1-2H3,(H2,24,29). The molecule has 0 aromatic carbocycles. The molecule has 0 fully saturated rings. The van der Waals surface area contributed by atoms with Gasteiger partial charge in [-0.05, 0) is 12.8 Å². The minimum Gasteiger partial charge on any atom is -0.363 e. The molecule has 2 aromatic heterocycles. The number of carbonyl (C=O) groups excluding carboxylic acids is 1. The number of halogens is 3. The van der Waals surface area contributed by atoms with Gasteiger partial charge in [0.05, 0.1) is 11.8 Å². The number of unbranched alkanes of at least 4 members (excludes halogenated alkanes) is 5. The highest BCUT2D eigenvalue weighted by molar-refractivity contribution is 5.89. The fourth-order valence-corrected chi connectivity index (χ4v) is 3.22. The van der Waals surface area contributed by atoms with Gasteiger partial charge in [-0.2, -0.15) is 18.3 Å². The Morgan fingerprint density at radius 3 is 2.41 bits per heavy atom. The van der Waals surface area contributed by atoms with Crippen LogP contribution in [0.3, 0.4) is 0 Å². The average Bonchev–Trinajstić information content (AvgIpc) is 3.18. The van der Waals surface area contributed by atoms with Gasteiger partial charge >= 0.3 is 6.18 Å². The van der Waals surface area contributed by atoms with Crippen LogP contribution in [-0.4, -0.2) is 25.7 Å². The molecule has 2 aromatic rings. The molecule has 9 heteroatoms. The maximum absolute atomic E-state index is 12.9. The van der Waals surface area contributed by atoms with Crippen LogP contribution in [0.15, 0.2) is 18.5 Å². The zero-order valence-electron chi connectivity index (χ0n) is 16.9. The highest BCUT2D eigenvalue weighted by Crippen LogP contribution is 2.30. The highest BCUT2D eigenvalue weighted by Gasteiger charge is 2.32. The molecular formula is C20H28F3N5O. The van der Waals surface area contributed by atoms with Gasteiger partial charge in [0.25, 0.3) is 5.91 Å². The van der Waals surface area contributed by atoms with E-state index in [0.717, 1.165) is 42.8 Å². The molecule has 0 aliphatic heterocycles. The monoisotopic (exact) mass is 411 g/mol. The molecule has 29 heavy (non-hydrogen) atoms. The van der Waals surface area contributed by atoms with Crippen molar-refractivity contribution >= 4 is 5.91 Å². The van der Waals surface area contributed by atoms with Crippen molar-refractivity contribution in [2.75, 3.05) is 0 Å². The van der Waals surface area contributed by atoms with Crippen LogP contribution in [0.25, 0.3) is 5.82 Å². The molecule has 0 aliphatic carbocycles. The van der Waals surface area contributed by atoms with Gasteiger partial charge in [0.1, 0.15) is 0 Å². The number of amides is 1. The van der Waals surface area contributed by atoms with E-state index in [-0.39, 0.29) is 17.6 Å². The van der Waals surface area contributed by atoms with E-state index in [1.54, 1.807) is 6.07 Å². The third-order valence-corrected chi connectivity index (χ3v) is 4.91. The first kappa shape index (κ1) is 22.8. The predicted molar refractivity (Wildman–Crippen MR) is 104 cm³/mol. The minimum absolute atomic E-state index is 0.0682. The zero-order valence-corrected chi connectivity index (χ0v) is 16.9. The minimum atomic E-state index is -4.51. The van der Waals surface area contributed by atoms with Gasteiger partial charge in [0.15, 0.2) is 5.82 Å². The Labute approximate surface area is 168 Å². The molecule has 1 atom stereocenters. The molecule has 0 saturated heterocycles. The number of primary amides is 1. The van der Waals surface area contributed by atoms with Gasteiger partial charge in [-0.1, -0.05) is 52.4 Å². The number of nitrogens with two attached hydrogens (primary N) is 1. The largest absolute Gasteiger partial charge is 0.419 e.